The van der Waals surface area contributed by atoms with Crippen LogP contribution in [0.4, 0.5) is 5.82 Å². The second-order valence-electron chi connectivity index (χ2n) is 7.84. The molecule has 0 unspecified atom stereocenters. The van der Waals surface area contributed by atoms with Gasteiger partial charge in [0.15, 0.2) is 10.6 Å². The van der Waals surface area contributed by atoms with Gasteiger partial charge in [-0.05, 0) is 31.5 Å². The lowest BCUT2D eigenvalue weighted by Gasteiger charge is -2.30. The second kappa shape index (κ2) is 6.45. The predicted molar refractivity (Wildman–Crippen MR) is 104 cm³/mol. The van der Waals surface area contributed by atoms with Crippen molar-refractivity contribution in [1.82, 2.24) is 13.8 Å². The minimum atomic E-state index is -3.97. The maximum atomic E-state index is 13.1. The smallest absolute Gasteiger partial charge is 0.249 e. The molecule has 0 radical (unpaired) electrons. The van der Waals surface area contributed by atoms with E-state index in [1.165, 1.54) is 35.9 Å². The van der Waals surface area contributed by atoms with E-state index < -0.39 is 20.7 Å². The monoisotopic (exact) mass is 410 g/mol. The Balaban J connectivity index is 1.84. The van der Waals surface area contributed by atoms with Crippen molar-refractivity contribution in [2.75, 3.05) is 11.9 Å². The van der Waals surface area contributed by atoms with Crippen molar-refractivity contribution in [2.45, 2.75) is 44.8 Å². The van der Waals surface area contributed by atoms with E-state index in [1.54, 1.807) is 18.3 Å². The summed E-state index contributed by atoms with van der Waals surface area (Å²) in [5.41, 5.74) is -0.275. The van der Waals surface area contributed by atoms with Gasteiger partial charge in [-0.3, -0.25) is 9.10 Å². The quantitative estimate of drug-likeness (QED) is 0.806. The molecule has 0 aliphatic carbocycles. The molecule has 0 saturated heterocycles. The average Bonchev–Trinajstić information content (AvgIpc) is 3.22. The molecule has 0 atom stereocenters. The number of rotatable bonds is 4. The van der Waals surface area contributed by atoms with Gasteiger partial charge < -0.3 is 9.84 Å². The van der Waals surface area contributed by atoms with E-state index in [4.69, 9.17) is 4.52 Å². The highest BCUT2D eigenvalue weighted by Crippen LogP contribution is 2.27. The van der Waals surface area contributed by atoms with E-state index in [-0.39, 0.29) is 17.8 Å². The van der Waals surface area contributed by atoms with Crippen LogP contribution < -0.4 is 15.1 Å². The summed E-state index contributed by atoms with van der Waals surface area (Å²) in [6.45, 7) is 8.75. The lowest BCUT2D eigenvalue weighted by atomic mass is 9.93. The van der Waals surface area contributed by atoms with Crippen molar-refractivity contribution in [3.8, 4) is 0 Å². The van der Waals surface area contributed by atoms with E-state index in [0.29, 0.717) is 5.76 Å². The normalized spacial score (nSPS) is 14.9. The number of amides is 1. The van der Waals surface area contributed by atoms with Crippen LogP contribution in [-0.2, 0) is 20.2 Å². The summed E-state index contributed by atoms with van der Waals surface area (Å²) < 4.78 is 35.8. The number of hydrogen-bond acceptors (Lipinski definition) is 7. The maximum Gasteiger partial charge on any atom is 0.249 e. The average molecular weight is 411 g/mol. The van der Waals surface area contributed by atoms with Crippen LogP contribution in [0.2, 0.25) is 0 Å². The Morgan fingerprint density at radius 2 is 2.00 bits per heavy atom. The van der Waals surface area contributed by atoms with Crippen molar-refractivity contribution in [2.24, 2.45) is 0 Å². The summed E-state index contributed by atoms with van der Waals surface area (Å²) in [6.07, 6.45) is 4.90. The minimum absolute atomic E-state index is 0.159. The van der Waals surface area contributed by atoms with Crippen molar-refractivity contribution < 1.29 is 17.7 Å². The third-order valence-corrected chi connectivity index (χ3v) is 7.52. The number of carbonyl (C=O) groups is 1. The van der Waals surface area contributed by atoms with E-state index in [2.05, 4.69) is 14.8 Å². The zero-order chi connectivity index (χ0) is 20.0. The van der Waals surface area contributed by atoms with Gasteiger partial charge in [-0.2, -0.15) is 4.37 Å². The molecule has 10 heteroatoms. The molecule has 0 aromatic carbocycles. The van der Waals surface area contributed by atoms with Gasteiger partial charge in [0, 0.05) is 22.9 Å². The number of nitrogens with one attached hydrogen (secondary N) is 1. The lowest BCUT2D eigenvalue weighted by molar-refractivity contribution is -0.118. The van der Waals surface area contributed by atoms with Crippen molar-refractivity contribution in [3.63, 3.8) is 0 Å². The maximum absolute atomic E-state index is 13.1. The summed E-state index contributed by atoms with van der Waals surface area (Å²) in [4.78, 5) is 12.7. The SMILES string of the molecule is CC(C)(C)c1cc(NC(=O)C(C)(C)S(=O)(=O)N2C=c3cnsc3=CC2)no1. The number of anilines is 1. The van der Waals surface area contributed by atoms with E-state index in [0.717, 1.165) is 9.75 Å². The molecule has 1 N–H and O–H groups in total. The summed E-state index contributed by atoms with van der Waals surface area (Å²) >= 11 is 1.30. The molecule has 3 heterocycles. The zero-order valence-corrected chi connectivity index (χ0v) is 17.4. The molecule has 27 heavy (non-hydrogen) atoms. The Hall–Kier alpha value is -2.20. The number of sulfonamides is 1. The molecule has 3 rings (SSSR count). The molecule has 1 amide bonds. The van der Waals surface area contributed by atoms with Crippen LogP contribution >= 0.6 is 11.5 Å². The standard InChI is InChI=1S/C17H22N4O4S2/c1-16(2,3)13-8-14(20-25-13)19-15(22)17(4,5)27(23,24)21-7-6-12-11(10-21)9-18-26-12/h6,8-10H,7H2,1-5H3,(H,19,20,22). The molecule has 0 saturated carbocycles. The highest BCUT2D eigenvalue weighted by atomic mass is 32.2. The molecule has 0 fully saturated rings. The van der Waals surface area contributed by atoms with Crippen LogP contribution in [0.1, 0.15) is 40.4 Å². The fraction of sp³-hybridized carbons (Fsp3) is 0.471. The fourth-order valence-electron chi connectivity index (χ4n) is 2.42. The van der Waals surface area contributed by atoms with Crippen LogP contribution in [-0.4, -0.2) is 39.5 Å². The number of carbonyl (C=O) groups excluding carboxylic acids is 1. The van der Waals surface area contributed by atoms with Gasteiger partial charge in [0.2, 0.25) is 15.9 Å². The first kappa shape index (κ1) is 19.6. The first-order valence-electron chi connectivity index (χ1n) is 8.36. The largest absolute Gasteiger partial charge is 0.359 e. The fourth-order valence-corrected chi connectivity index (χ4v) is 4.46. The Labute approximate surface area is 161 Å². The first-order chi connectivity index (χ1) is 12.4. The van der Waals surface area contributed by atoms with Gasteiger partial charge in [-0.25, -0.2) is 8.42 Å². The lowest BCUT2D eigenvalue weighted by Crippen LogP contribution is -2.51. The van der Waals surface area contributed by atoms with Crippen LogP contribution in [0, 0.1) is 0 Å². The number of fused-ring (bicyclic) bond motifs is 1. The van der Waals surface area contributed by atoms with Crippen molar-refractivity contribution in [3.05, 3.63) is 27.8 Å². The molecular weight excluding hydrogens is 388 g/mol. The Kier molecular flexibility index (Phi) is 4.67. The Morgan fingerprint density at radius 1 is 1.30 bits per heavy atom. The summed E-state index contributed by atoms with van der Waals surface area (Å²) in [7, 11) is -3.97. The molecular formula is C17H22N4O4S2. The van der Waals surface area contributed by atoms with E-state index >= 15 is 0 Å². The van der Waals surface area contributed by atoms with E-state index in [1.807, 2.05) is 20.8 Å². The third kappa shape index (κ3) is 3.51. The summed E-state index contributed by atoms with van der Waals surface area (Å²) in [6, 6.07) is 1.60. The first-order valence-corrected chi connectivity index (χ1v) is 10.6. The summed E-state index contributed by atoms with van der Waals surface area (Å²) in [5.74, 6) is 0.0977. The van der Waals surface area contributed by atoms with Crippen LogP contribution in [0.5, 0.6) is 0 Å². The number of hydrogen-bond donors (Lipinski definition) is 1. The Morgan fingerprint density at radius 3 is 2.63 bits per heavy atom. The van der Waals surface area contributed by atoms with Gasteiger partial charge in [-0.1, -0.05) is 25.9 Å². The van der Waals surface area contributed by atoms with Crippen LogP contribution in [0.15, 0.2) is 16.8 Å². The third-order valence-electron chi connectivity index (χ3n) is 4.36. The van der Waals surface area contributed by atoms with Gasteiger partial charge in [0.05, 0.1) is 17.3 Å². The van der Waals surface area contributed by atoms with Crippen LogP contribution in [0.25, 0.3) is 12.3 Å². The number of aromatic nitrogens is 2. The molecule has 0 spiro atoms. The predicted octanol–water partition coefficient (Wildman–Crippen LogP) is 1.01. The second-order valence-corrected chi connectivity index (χ2v) is 11.1. The topological polar surface area (TPSA) is 105 Å². The highest BCUT2D eigenvalue weighted by molar-refractivity contribution is 7.91. The molecule has 146 valence electrons. The summed E-state index contributed by atoms with van der Waals surface area (Å²) in [5, 5.41) is 7.09. The number of nitrogens with zero attached hydrogens (tertiary/aromatic N) is 3. The molecule has 1 aliphatic rings. The van der Waals surface area contributed by atoms with Gasteiger partial charge in [-0.15, -0.1) is 0 Å². The minimum Gasteiger partial charge on any atom is -0.359 e. The van der Waals surface area contributed by atoms with E-state index in [9.17, 15) is 13.2 Å². The Bertz CT molecular complexity index is 1090. The molecule has 0 bridgehead atoms. The van der Waals surface area contributed by atoms with Crippen LogP contribution in [0.3, 0.4) is 0 Å². The van der Waals surface area contributed by atoms with Crippen molar-refractivity contribution >= 4 is 45.6 Å². The zero-order valence-electron chi connectivity index (χ0n) is 15.8. The van der Waals surface area contributed by atoms with Crippen molar-refractivity contribution in [1.29, 1.82) is 0 Å². The van der Waals surface area contributed by atoms with Gasteiger partial charge in [0.25, 0.3) is 0 Å². The molecule has 2 aromatic rings. The molecule has 1 aliphatic heterocycles. The van der Waals surface area contributed by atoms with Gasteiger partial charge in [0.1, 0.15) is 5.76 Å². The molecule has 2 aromatic heterocycles. The highest BCUT2D eigenvalue weighted by Gasteiger charge is 2.45. The molecule has 8 nitrogen and oxygen atoms in total. The van der Waals surface area contributed by atoms with Gasteiger partial charge >= 0.3 is 0 Å².